The van der Waals surface area contributed by atoms with Gasteiger partial charge in [0.05, 0.1) is 6.54 Å². The fraction of sp³-hybridized carbons (Fsp3) is 0.278. The number of imidazole rings is 1. The van der Waals surface area contributed by atoms with Gasteiger partial charge in [0.1, 0.15) is 24.8 Å². The summed E-state index contributed by atoms with van der Waals surface area (Å²) in [4.78, 5) is 15.9. The molecule has 7 nitrogen and oxygen atoms in total. The van der Waals surface area contributed by atoms with E-state index in [1.165, 1.54) is 10.7 Å². The predicted molar refractivity (Wildman–Crippen MR) is 93.0 cm³/mol. The highest BCUT2D eigenvalue weighted by Crippen LogP contribution is 2.19. The summed E-state index contributed by atoms with van der Waals surface area (Å²) in [5, 5.41) is 14.5. The zero-order valence-electron chi connectivity index (χ0n) is 14.2. The number of ether oxygens (including phenoxy) is 1. The lowest BCUT2D eigenvalue weighted by atomic mass is 10.1. The van der Waals surface area contributed by atoms with Gasteiger partial charge < -0.3 is 9.84 Å². The highest BCUT2D eigenvalue weighted by molar-refractivity contribution is 5.35. The van der Waals surface area contributed by atoms with Gasteiger partial charge in [-0.15, -0.1) is 0 Å². The van der Waals surface area contributed by atoms with Gasteiger partial charge >= 0.3 is 0 Å². The molecule has 0 aliphatic heterocycles. The predicted octanol–water partition coefficient (Wildman–Crippen LogP) is 1.49. The molecule has 0 fully saturated rings. The number of aromatic nitrogens is 4. The molecular formula is C18H20N4O3. The third kappa shape index (κ3) is 4.13. The first-order valence-electron chi connectivity index (χ1n) is 7.97. The van der Waals surface area contributed by atoms with Crippen molar-refractivity contribution in [2.45, 2.75) is 26.5 Å². The molecule has 0 unspecified atom stereocenters. The molecule has 1 atom stereocenters. The third-order valence-corrected chi connectivity index (χ3v) is 3.78. The summed E-state index contributed by atoms with van der Waals surface area (Å²) >= 11 is 0. The van der Waals surface area contributed by atoms with E-state index in [9.17, 15) is 9.90 Å². The van der Waals surface area contributed by atoms with Crippen molar-refractivity contribution in [2.75, 3.05) is 6.61 Å². The number of hydrogen-bond acceptors (Lipinski definition) is 5. The molecule has 0 aliphatic rings. The number of hydrogen-bond donors (Lipinski definition) is 1. The molecule has 2 heterocycles. The van der Waals surface area contributed by atoms with Crippen LogP contribution in [0.5, 0.6) is 5.75 Å². The van der Waals surface area contributed by atoms with Crippen molar-refractivity contribution in [3.8, 4) is 11.6 Å². The van der Waals surface area contributed by atoms with E-state index >= 15 is 0 Å². The summed E-state index contributed by atoms with van der Waals surface area (Å²) in [7, 11) is 0. The third-order valence-electron chi connectivity index (χ3n) is 3.78. The number of aliphatic hydroxyl groups is 1. The molecule has 3 aromatic rings. The Morgan fingerprint density at radius 2 is 2.08 bits per heavy atom. The molecule has 0 bridgehead atoms. The van der Waals surface area contributed by atoms with Crippen molar-refractivity contribution in [3.05, 3.63) is 70.5 Å². The fourth-order valence-electron chi connectivity index (χ4n) is 2.40. The maximum Gasteiger partial charge on any atom is 0.266 e. The molecule has 0 radical (unpaired) electrons. The smallest absolute Gasteiger partial charge is 0.266 e. The second-order valence-corrected chi connectivity index (χ2v) is 5.92. The summed E-state index contributed by atoms with van der Waals surface area (Å²) < 4.78 is 8.60. The summed E-state index contributed by atoms with van der Waals surface area (Å²) in [6.07, 6.45) is 4.10. The van der Waals surface area contributed by atoms with Crippen LogP contribution in [0, 0.1) is 13.8 Å². The zero-order valence-corrected chi connectivity index (χ0v) is 14.2. The molecule has 3 rings (SSSR count). The number of rotatable bonds is 6. The van der Waals surface area contributed by atoms with E-state index in [0.717, 1.165) is 16.9 Å². The standard InChI is InChI=1S/C18H20N4O3/c1-13-3-4-14(2)16(9-13)25-11-15(23)10-22-18(24)6-5-17(20-22)21-8-7-19-12-21/h3-9,12,15,23H,10-11H2,1-2H3/t15-/m1/s1. The Balaban J connectivity index is 1.68. The normalized spacial score (nSPS) is 12.1. The number of nitrogens with zero attached hydrogens (tertiary/aromatic N) is 4. The molecule has 25 heavy (non-hydrogen) atoms. The maximum atomic E-state index is 12.0. The number of aryl methyl sites for hydroxylation is 2. The van der Waals surface area contributed by atoms with E-state index in [2.05, 4.69) is 10.1 Å². The molecule has 2 aromatic heterocycles. The Hall–Kier alpha value is -2.93. The number of benzene rings is 1. The first-order chi connectivity index (χ1) is 12.0. The van der Waals surface area contributed by atoms with Crippen molar-refractivity contribution in [2.24, 2.45) is 0 Å². The number of aliphatic hydroxyl groups excluding tert-OH is 1. The van der Waals surface area contributed by atoms with Crippen LogP contribution < -0.4 is 10.3 Å². The minimum Gasteiger partial charge on any atom is -0.491 e. The molecule has 0 saturated carbocycles. The van der Waals surface area contributed by atoms with Gasteiger partial charge in [-0.05, 0) is 37.1 Å². The van der Waals surface area contributed by atoms with Crippen LogP contribution >= 0.6 is 0 Å². The van der Waals surface area contributed by atoms with Crippen LogP contribution in [0.15, 0.2) is 53.8 Å². The van der Waals surface area contributed by atoms with Gasteiger partial charge in [-0.3, -0.25) is 9.36 Å². The van der Waals surface area contributed by atoms with Crippen molar-refractivity contribution in [1.29, 1.82) is 0 Å². The zero-order chi connectivity index (χ0) is 17.8. The monoisotopic (exact) mass is 340 g/mol. The molecule has 0 saturated heterocycles. The molecular weight excluding hydrogens is 320 g/mol. The Bertz CT molecular complexity index is 903. The molecule has 0 aliphatic carbocycles. The summed E-state index contributed by atoms with van der Waals surface area (Å²) in [6, 6.07) is 8.92. The van der Waals surface area contributed by atoms with E-state index in [4.69, 9.17) is 4.74 Å². The summed E-state index contributed by atoms with van der Waals surface area (Å²) in [5.41, 5.74) is 1.80. The van der Waals surface area contributed by atoms with Gasteiger partial charge in [-0.25, -0.2) is 9.67 Å². The van der Waals surface area contributed by atoms with Crippen LogP contribution in [0.3, 0.4) is 0 Å². The van der Waals surface area contributed by atoms with E-state index < -0.39 is 6.10 Å². The Labute approximate surface area is 145 Å². The minimum absolute atomic E-state index is 0.0479. The van der Waals surface area contributed by atoms with E-state index in [0.29, 0.717) is 5.82 Å². The lowest BCUT2D eigenvalue weighted by Crippen LogP contribution is -2.32. The van der Waals surface area contributed by atoms with Gasteiger partial charge in [0.2, 0.25) is 0 Å². The highest BCUT2D eigenvalue weighted by Gasteiger charge is 2.11. The summed E-state index contributed by atoms with van der Waals surface area (Å²) in [5.74, 6) is 1.28. The Morgan fingerprint density at radius 3 is 2.84 bits per heavy atom. The first-order valence-corrected chi connectivity index (χ1v) is 7.97. The van der Waals surface area contributed by atoms with Gasteiger partial charge in [0, 0.05) is 18.5 Å². The molecule has 1 aromatic carbocycles. The van der Waals surface area contributed by atoms with Crippen LogP contribution in [0.25, 0.3) is 5.82 Å². The van der Waals surface area contributed by atoms with Crippen LogP contribution in [-0.4, -0.2) is 37.1 Å². The average Bonchev–Trinajstić information content (AvgIpc) is 3.12. The second-order valence-electron chi connectivity index (χ2n) is 5.92. The Morgan fingerprint density at radius 1 is 1.24 bits per heavy atom. The molecule has 0 spiro atoms. The van der Waals surface area contributed by atoms with Gasteiger partial charge in [-0.1, -0.05) is 12.1 Å². The van der Waals surface area contributed by atoms with Gasteiger partial charge in [-0.2, -0.15) is 5.10 Å². The van der Waals surface area contributed by atoms with E-state index in [-0.39, 0.29) is 18.7 Å². The van der Waals surface area contributed by atoms with Gasteiger partial charge in [0.25, 0.3) is 5.56 Å². The largest absolute Gasteiger partial charge is 0.491 e. The molecule has 0 amide bonds. The van der Waals surface area contributed by atoms with Crippen LogP contribution in [0.1, 0.15) is 11.1 Å². The molecule has 130 valence electrons. The minimum atomic E-state index is -0.858. The lowest BCUT2D eigenvalue weighted by molar-refractivity contribution is 0.0876. The molecule has 1 N–H and O–H groups in total. The first kappa shape index (κ1) is 16.9. The highest BCUT2D eigenvalue weighted by atomic mass is 16.5. The van der Waals surface area contributed by atoms with Crippen molar-refractivity contribution < 1.29 is 9.84 Å². The SMILES string of the molecule is Cc1ccc(C)c(OC[C@H](O)Cn2nc(-n3ccnc3)ccc2=O)c1. The quantitative estimate of drug-likeness (QED) is 0.735. The van der Waals surface area contributed by atoms with Crippen molar-refractivity contribution >= 4 is 0 Å². The summed E-state index contributed by atoms with van der Waals surface area (Å²) in [6.45, 7) is 4.05. The van der Waals surface area contributed by atoms with E-state index in [1.807, 2.05) is 32.0 Å². The van der Waals surface area contributed by atoms with Crippen LogP contribution in [0.4, 0.5) is 0 Å². The Kier molecular flexibility index (Phi) is 4.95. The topological polar surface area (TPSA) is 82.2 Å². The fourth-order valence-corrected chi connectivity index (χ4v) is 2.40. The van der Waals surface area contributed by atoms with Crippen LogP contribution in [-0.2, 0) is 6.54 Å². The van der Waals surface area contributed by atoms with Crippen molar-refractivity contribution in [3.63, 3.8) is 0 Å². The van der Waals surface area contributed by atoms with Crippen LogP contribution in [0.2, 0.25) is 0 Å². The van der Waals surface area contributed by atoms with E-state index in [1.54, 1.807) is 29.4 Å². The maximum absolute atomic E-state index is 12.0. The second kappa shape index (κ2) is 7.31. The lowest BCUT2D eigenvalue weighted by Gasteiger charge is -2.15. The van der Waals surface area contributed by atoms with Gasteiger partial charge in [0.15, 0.2) is 5.82 Å². The molecule has 7 heteroatoms. The average molecular weight is 340 g/mol. The van der Waals surface area contributed by atoms with Crippen molar-refractivity contribution in [1.82, 2.24) is 19.3 Å².